The molecule has 0 heterocycles. The van der Waals surface area contributed by atoms with Gasteiger partial charge in [-0.25, -0.2) is 0 Å². The van der Waals surface area contributed by atoms with E-state index < -0.39 is 17.7 Å². The number of hydrogen-bond donors (Lipinski definition) is 1. The topological polar surface area (TPSA) is 53.2 Å². The van der Waals surface area contributed by atoms with Crippen LogP contribution in [0.1, 0.15) is 23.6 Å². The molecule has 104 valence electrons. The van der Waals surface area contributed by atoms with Gasteiger partial charge in [0.25, 0.3) is 5.95 Å². The van der Waals surface area contributed by atoms with E-state index in [0.29, 0.717) is 5.56 Å². The molecule has 0 saturated heterocycles. The summed E-state index contributed by atoms with van der Waals surface area (Å²) in [6.07, 6.45) is -3.17. The molecule has 0 amide bonds. The van der Waals surface area contributed by atoms with Crippen LogP contribution in [0.4, 0.5) is 13.2 Å². The van der Waals surface area contributed by atoms with Crippen LogP contribution in [-0.4, -0.2) is 11.7 Å². The van der Waals surface area contributed by atoms with Crippen molar-refractivity contribution in [2.24, 2.45) is 0 Å². The fourth-order valence-electron chi connectivity index (χ4n) is 1.96. The quantitative estimate of drug-likeness (QED) is 0.837. The van der Waals surface area contributed by atoms with Crippen molar-refractivity contribution in [3.05, 3.63) is 46.9 Å². The fourth-order valence-corrected chi connectivity index (χ4v) is 1.96. The molecule has 0 aromatic heterocycles. The molecule has 1 N–H and O–H groups in total. The van der Waals surface area contributed by atoms with Crippen molar-refractivity contribution in [1.82, 2.24) is 0 Å². The molecule has 1 aliphatic carbocycles. The molecule has 3 nitrogen and oxygen atoms in total. The number of hydrogen-bond acceptors (Lipinski definition) is 3. The Morgan fingerprint density at radius 3 is 2.60 bits per heavy atom. The fraction of sp³-hybridized carbons (Fsp3) is 0.214. The number of fused-ring (bicyclic) bond motifs is 1. The molecule has 0 saturated carbocycles. The lowest BCUT2D eigenvalue weighted by Crippen LogP contribution is -2.06. The van der Waals surface area contributed by atoms with E-state index in [1.165, 1.54) is 12.1 Å². The molecule has 0 aliphatic heterocycles. The normalized spacial score (nSPS) is 16.2. The molecule has 1 aliphatic rings. The van der Waals surface area contributed by atoms with E-state index in [1.54, 1.807) is 6.92 Å². The third-order valence-electron chi connectivity index (χ3n) is 2.85. The van der Waals surface area contributed by atoms with Crippen molar-refractivity contribution >= 4 is 11.1 Å². The van der Waals surface area contributed by atoms with Gasteiger partial charge in [-0.05, 0) is 30.7 Å². The Labute approximate surface area is 113 Å². The van der Waals surface area contributed by atoms with Crippen molar-refractivity contribution in [3.63, 3.8) is 0 Å². The van der Waals surface area contributed by atoms with Crippen LogP contribution in [0.3, 0.4) is 0 Å². The summed E-state index contributed by atoms with van der Waals surface area (Å²) in [5, 5.41) is 18.7. The Bertz CT molecular complexity index is 651. The largest absolute Gasteiger partial charge is 0.481 e. The van der Waals surface area contributed by atoms with Crippen molar-refractivity contribution in [3.8, 4) is 6.07 Å². The Morgan fingerprint density at radius 1 is 1.35 bits per heavy atom. The van der Waals surface area contributed by atoms with Gasteiger partial charge in [-0.3, -0.25) is 0 Å². The van der Waals surface area contributed by atoms with E-state index in [9.17, 15) is 18.3 Å². The first-order valence-corrected chi connectivity index (χ1v) is 5.78. The second-order valence-electron chi connectivity index (χ2n) is 4.08. The van der Waals surface area contributed by atoms with E-state index in [1.807, 2.05) is 6.07 Å². The molecule has 0 bridgehead atoms. The average Bonchev–Trinajstić information content (AvgIpc) is 2.75. The minimum Gasteiger partial charge on any atom is -0.481 e. The maximum absolute atomic E-state index is 12.7. The van der Waals surface area contributed by atoms with Crippen molar-refractivity contribution < 1.29 is 23.0 Å². The highest BCUT2D eigenvalue weighted by Crippen LogP contribution is 2.40. The number of benzene rings is 1. The molecule has 1 aromatic carbocycles. The lowest BCUT2D eigenvalue weighted by Gasteiger charge is -2.10. The number of nitriles is 1. The Kier molecular flexibility index (Phi) is 3.45. The van der Waals surface area contributed by atoms with Crippen LogP contribution in [-0.2, 0) is 10.9 Å². The number of aliphatic hydroxyl groups excluding tert-OH is 1. The van der Waals surface area contributed by atoms with Crippen LogP contribution >= 0.6 is 0 Å². The number of ether oxygens (including phenoxy) is 1. The zero-order valence-electron chi connectivity index (χ0n) is 10.5. The summed E-state index contributed by atoms with van der Waals surface area (Å²) >= 11 is 0. The van der Waals surface area contributed by atoms with E-state index in [0.717, 1.165) is 12.1 Å². The molecule has 1 aromatic rings. The lowest BCUT2D eigenvalue weighted by molar-refractivity contribution is -0.137. The Balaban J connectivity index is 2.62. The molecule has 0 fully saturated rings. The summed E-state index contributed by atoms with van der Waals surface area (Å²) in [6, 6.07) is 4.92. The van der Waals surface area contributed by atoms with Crippen LogP contribution in [0.2, 0.25) is 0 Å². The number of allylic oxidation sites excluding steroid dienone is 3. The highest BCUT2D eigenvalue weighted by Gasteiger charge is 2.33. The molecule has 0 atom stereocenters. The van der Waals surface area contributed by atoms with Crippen LogP contribution in [0.25, 0.3) is 11.1 Å². The Morgan fingerprint density at radius 2 is 2.05 bits per heavy atom. The molecule has 6 heteroatoms. The van der Waals surface area contributed by atoms with Gasteiger partial charge in [-0.15, -0.1) is 0 Å². The predicted octanol–water partition coefficient (Wildman–Crippen LogP) is 3.89. The second kappa shape index (κ2) is 4.93. The number of aliphatic hydroxyl groups is 1. The van der Waals surface area contributed by atoms with Gasteiger partial charge >= 0.3 is 6.18 Å². The van der Waals surface area contributed by atoms with Gasteiger partial charge < -0.3 is 9.84 Å². The van der Waals surface area contributed by atoms with Gasteiger partial charge in [-0.2, -0.15) is 18.4 Å². The van der Waals surface area contributed by atoms with Crippen LogP contribution < -0.4 is 0 Å². The maximum Gasteiger partial charge on any atom is 0.416 e. The molecular formula is C14H10F3NO2. The number of halogens is 3. The monoisotopic (exact) mass is 281 g/mol. The highest BCUT2D eigenvalue weighted by molar-refractivity contribution is 6.00. The van der Waals surface area contributed by atoms with Crippen molar-refractivity contribution in [2.45, 2.75) is 13.1 Å². The zero-order valence-corrected chi connectivity index (χ0v) is 10.5. The minimum absolute atomic E-state index is 0.0875. The average molecular weight is 281 g/mol. The SMILES string of the molecule is CCO/C(O)=C1/C=C(C#N)c2ccc(C(F)(F)F)cc21. The summed E-state index contributed by atoms with van der Waals surface area (Å²) in [4.78, 5) is 0. The highest BCUT2D eigenvalue weighted by atomic mass is 19.4. The first-order chi connectivity index (χ1) is 9.38. The van der Waals surface area contributed by atoms with Crippen molar-refractivity contribution in [1.29, 1.82) is 5.26 Å². The predicted molar refractivity (Wildman–Crippen MR) is 66.2 cm³/mol. The standard InChI is InChI=1S/C14H10F3NO2/c1-2-20-13(19)12-5-8(7-18)10-4-3-9(6-11(10)12)14(15,16)17/h3-6,19H,2H2,1H3/b13-12-. The van der Waals surface area contributed by atoms with E-state index in [-0.39, 0.29) is 23.3 Å². The molecule has 2 rings (SSSR count). The van der Waals surface area contributed by atoms with Gasteiger partial charge in [0.2, 0.25) is 0 Å². The third-order valence-corrected chi connectivity index (χ3v) is 2.85. The zero-order chi connectivity index (χ0) is 14.9. The molecule has 0 spiro atoms. The molecule has 0 unspecified atom stereocenters. The maximum atomic E-state index is 12.7. The molecule has 20 heavy (non-hydrogen) atoms. The number of nitrogens with zero attached hydrogens (tertiary/aromatic N) is 1. The first kappa shape index (κ1) is 14.0. The number of rotatable bonds is 2. The van der Waals surface area contributed by atoms with E-state index >= 15 is 0 Å². The van der Waals surface area contributed by atoms with Crippen LogP contribution in [0, 0.1) is 11.3 Å². The molecule has 0 radical (unpaired) electrons. The van der Waals surface area contributed by atoms with E-state index in [4.69, 9.17) is 10.00 Å². The first-order valence-electron chi connectivity index (χ1n) is 5.78. The third kappa shape index (κ3) is 2.35. The molecular weight excluding hydrogens is 271 g/mol. The minimum atomic E-state index is -4.49. The Hall–Kier alpha value is -2.42. The van der Waals surface area contributed by atoms with Crippen molar-refractivity contribution in [2.75, 3.05) is 6.61 Å². The summed E-state index contributed by atoms with van der Waals surface area (Å²) in [5.74, 6) is -0.488. The van der Waals surface area contributed by atoms with Gasteiger partial charge in [0.1, 0.15) is 0 Å². The van der Waals surface area contributed by atoms with Gasteiger partial charge in [-0.1, -0.05) is 6.07 Å². The summed E-state index contributed by atoms with van der Waals surface area (Å²) in [6.45, 7) is 1.80. The smallest absolute Gasteiger partial charge is 0.416 e. The van der Waals surface area contributed by atoms with Crippen LogP contribution in [0.5, 0.6) is 0 Å². The lowest BCUT2D eigenvalue weighted by atomic mass is 10.0. The van der Waals surface area contributed by atoms with Crippen LogP contribution in [0.15, 0.2) is 30.2 Å². The van der Waals surface area contributed by atoms with E-state index in [2.05, 4.69) is 0 Å². The van der Waals surface area contributed by atoms with Gasteiger partial charge in [0, 0.05) is 5.56 Å². The van der Waals surface area contributed by atoms with Gasteiger partial charge in [0.05, 0.1) is 29.4 Å². The summed E-state index contributed by atoms with van der Waals surface area (Å²) in [7, 11) is 0. The van der Waals surface area contributed by atoms with Gasteiger partial charge in [0.15, 0.2) is 0 Å². The second-order valence-corrected chi connectivity index (χ2v) is 4.08. The number of alkyl halides is 3. The summed E-state index contributed by atoms with van der Waals surface area (Å²) in [5.41, 5.74) is -0.0748. The summed E-state index contributed by atoms with van der Waals surface area (Å²) < 4.78 is 43.1.